The minimum absolute atomic E-state index is 0.226. The Kier molecular flexibility index (Phi) is 3.62. The van der Waals surface area contributed by atoms with Crippen LogP contribution in [0.1, 0.15) is 31.7 Å². The van der Waals surface area contributed by atoms with E-state index >= 15 is 0 Å². The van der Waals surface area contributed by atoms with Crippen LogP contribution in [0.4, 0.5) is 10.1 Å². The fourth-order valence-electron chi connectivity index (χ4n) is 2.02. The Hall–Kier alpha value is -1.16. The molecule has 4 heteroatoms. The van der Waals surface area contributed by atoms with Crippen LogP contribution in [0.3, 0.4) is 0 Å². The molecule has 2 N–H and O–H groups in total. The second-order valence-electron chi connectivity index (χ2n) is 4.46. The summed E-state index contributed by atoms with van der Waals surface area (Å²) in [6, 6.07) is 5.53. The van der Waals surface area contributed by atoms with Crippen LogP contribution in [0, 0.1) is 5.82 Å². The van der Waals surface area contributed by atoms with Gasteiger partial charge in [0, 0.05) is 18.2 Å². The van der Waals surface area contributed by atoms with Crippen LogP contribution in [0.25, 0.3) is 0 Å². The summed E-state index contributed by atoms with van der Waals surface area (Å²) < 4.78 is 14.0. The van der Waals surface area contributed by atoms with Gasteiger partial charge in [0.2, 0.25) is 0 Å². The van der Waals surface area contributed by atoms with Crippen molar-refractivity contribution in [2.24, 2.45) is 5.73 Å². The molecule has 0 amide bonds. The first-order valence-corrected chi connectivity index (χ1v) is 6.40. The zero-order chi connectivity index (χ0) is 12.4. The number of nitrogens with zero attached hydrogens (tertiary/aromatic N) is 1. The minimum Gasteiger partial charge on any atom is -0.389 e. The van der Waals surface area contributed by atoms with Gasteiger partial charge in [-0.25, -0.2) is 4.39 Å². The lowest BCUT2D eigenvalue weighted by Gasteiger charge is -2.24. The average Bonchev–Trinajstić information content (AvgIpc) is 3.10. The average molecular weight is 252 g/mol. The smallest absolute Gasteiger partial charge is 0.147 e. The molecule has 1 saturated carbocycles. The minimum atomic E-state index is -0.226. The lowest BCUT2D eigenvalue weighted by molar-refractivity contribution is 0.613. The summed E-state index contributed by atoms with van der Waals surface area (Å²) in [5.41, 5.74) is 6.76. The predicted molar refractivity (Wildman–Crippen MR) is 72.9 cm³/mol. The van der Waals surface area contributed by atoms with E-state index in [1.807, 2.05) is 0 Å². The molecule has 0 unspecified atom stereocenters. The third-order valence-electron chi connectivity index (χ3n) is 2.99. The van der Waals surface area contributed by atoms with Gasteiger partial charge >= 0.3 is 0 Å². The second-order valence-corrected chi connectivity index (χ2v) is 4.89. The van der Waals surface area contributed by atoms with Crippen molar-refractivity contribution in [1.82, 2.24) is 0 Å². The van der Waals surface area contributed by atoms with Gasteiger partial charge < -0.3 is 10.6 Å². The molecule has 0 bridgehead atoms. The number of anilines is 1. The first kappa shape index (κ1) is 12.3. The Morgan fingerprint density at radius 1 is 1.53 bits per heavy atom. The summed E-state index contributed by atoms with van der Waals surface area (Å²) in [5, 5.41) is 0. The van der Waals surface area contributed by atoms with Crippen LogP contribution in [-0.4, -0.2) is 17.6 Å². The quantitative estimate of drug-likeness (QED) is 0.817. The van der Waals surface area contributed by atoms with E-state index in [9.17, 15) is 4.39 Å². The Labute approximate surface area is 107 Å². The second kappa shape index (κ2) is 5.00. The van der Waals surface area contributed by atoms with Crippen molar-refractivity contribution in [2.75, 3.05) is 11.4 Å². The van der Waals surface area contributed by atoms with Gasteiger partial charge in [0.25, 0.3) is 0 Å². The highest BCUT2D eigenvalue weighted by atomic mass is 32.1. The Bertz CT molecular complexity index is 429. The van der Waals surface area contributed by atoms with E-state index in [2.05, 4.69) is 11.8 Å². The van der Waals surface area contributed by atoms with Crippen LogP contribution in [-0.2, 0) is 0 Å². The molecule has 17 heavy (non-hydrogen) atoms. The summed E-state index contributed by atoms with van der Waals surface area (Å²) in [4.78, 5) is 2.39. The van der Waals surface area contributed by atoms with Gasteiger partial charge in [-0.1, -0.05) is 19.1 Å². The maximum absolute atomic E-state index is 14.0. The molecule has 0 saturated heterocycles. The molecular formula is C13H17FN2S. The van der Waals surface area contributed by atoms with Crippen molar-refractivity contribution in [2.45, 2.75) is 32.2 Å². The molecule has 1 aliphatic rings. The number of nitrogens with two attached hydrogens (primary N) is 1. The number of hydrogen-bond acceptors (Lipinski definition) is 2. The summed E-state index contributed by atoms with van der Waals surface area (Å²) in [6.45, 7) is 3.00. The highest BCUT2D eigenvalue weighted by Gasteiger charge is 2.30. The first-order valence-electron chi connectivity index (χ1n) is 5.99. The largest absolute Gasteiger partial charge is 0.389 e. The Morgan fingerprint density at radius 2 is 2.24 bits per heavy atom. The van der Waals surface area contributed by atoms with E-state index < -0.39 is 0 Å². The molecule has 0 aromatic heterocycles. The van der Waals surface area contributed by atoms with E-state index in [1.54, 1.807) is 12.1 Å². The standard InChI is InChI=1S/C13H17FN2S/c1-2-7-16(10-4-5-10)12-6-3-9(13(15)17)8-11(12)14/h3,6,8,10H,2,4-5,7H2,1H3,(H2,15,17). The van der Waals surface area contributed by atoms with E-state index in [4.69, 9.17) is 18.0 Å². The Morgan fingerprint density at radius 3 is 2.71 bits per heavy atom. The molecule has 1 aromatic rings. The van der Waals surface area contributed by atoms with Gasteiger partial charge in [0.15, 0.2) is 0 Å². The van der Waals surface area contributed by atoms with Gasteiger partial charge in [-0.3, -0.25) is 0 Å². The van der Waals surface area contributed by atoms with Crippen LogP contribution in [0.2, 0.25) is 0 Å². The maximum atomic E-state index is 14.0. The molecule has 1 fully saturated rings. The lowest BCUT2D eigenvalue weighted by Crippen LogP contribution is -2.27. The molecular weight excluding hydrogens is 235 g/mol. The van der Waals surface area contributed by atoms with Gasteiger partial charge in [0.1, 0.15) is 10.8 Å². The number of hydrogen-bond donors (Lipinski definition) is 1. The Balaban J connectivity index is 2.27. The molecule has 0 radical (unpaired) electrons. The van der Waals surface area contributed by atoms with Gasteiger partial charge in [-0.2, -0.15) is 0 Å². The highest BCUT2D eigenvalue weighted by molar-refractivity contribution is 7.80. The molecule has 1 aliphatic carbocycles. The monoisotopic (exact) mass is 252 g/mol. The first-order chi connectivity index (χ1) is 8.13. The van der Waals surface area contributed by atoms with E-state index in [-0.39, 0.29) is 10.8 Å². The fourth-order valence-corrected chi connectivity index (χ4v) is 2.15. The van der Waals surface area contributed by atoms with Crippen LogP contribution < -0.4 is 10.6 Å². The van der Waals surface area contributed by atoms with Crippen molar-refractivity contribution in [1.29, 1.82) is 0 Å². The van der Waals surface area contributed by atoms with Crippen molar-refractivity contribution in [3.8, 4) is 0 Å². The van der Waals surface area contributed by atoms with Crippen LogP contribution >= 0.6 is 12.2 Å². The van der Waals surface area contributed by atoms with Crippen molar-refractivity contribution in [3.05, 3.63) is 29.6 Å². The SMILES string of the molecule is CCCN(c1ccc(C(N)=S)cc1F)C1CC1. The number of rotatable bonds is 5. The summed E-state index contributed by atoms with van der Waals surface area (Å²) in [7, 11) is 0. The normalized spacial score (nSPS) is 14.7. The fraction of sp³-hybridized carbons (Fsp3) is 0.462. The van der Waals surface area contributed by atoms with Gasteiger partial charge in [0.05, 0.1) is 5.69 Å². The summed E-state index contributed by atoms with van der Waals surface area (Å²) in [6.07, 6.45) is 3.35. The molecule has 2 nitrogen and oxygen atoms in total. The predicted octanol–water partition coefficient (Wildman–Crippen LogP) is 2.84. The zero-order valence-electron chi connectivity index (χ0n) is 9.95. The summed E-state index contributed by atoms with van der Waals surface area (Å²) in [5.74, 6) is -0.226. The number of thiocarbonyl (C=S) groups is 1. The van der Waals surface area contributed by atoms with Crippen molar-refractivity contribution in [3.63, 3.8) is 0 Å². The van der Waals surface area contributed by atoms with Gasteiger partial charge in [-0.05, 0) is 37.5 Å². The van der Waals surface area contributed by atoms with Crippen molar-refractivity contribution >= 4 is 22.9 Å². The topological polar surface area (TPSA) is 29.3 Å². The molecule has 0 atom stereocenters. The molecule has 0 aliphatic heterocycles. The van der Waals surface area contributed by atoms with Crippen molar-refractivity contribution < 1.29 is 4.39 Å². The number of benzene rings is 1. The van der Waals surface area contributed by atoms with Crippen LogP contribution in [0.15, 0.2) is 18.2 Å². The molecule has 1 aromatic carbocycles. The van der Waals surface area contributed by atoms with E-state index in [0.717, 1.165) is 25.8 Å². The summed E-state index contributed by atoms with van der Waals surface area (Å²) >= 11 is 4.84. The zero-order valence-corrected chi connectivity index (χ0v) is 10.8. The van der Waals surface area contributed by atoms with E-state index in [1.165, 1.54) is 6.07 Å². The molecule has 92 valence electrons. The number of halogens is 1. The van der Waals surface area contributed by atoms with E-state index in [0.29, 0.717) is 17.3 Å². The molecule has 0 heterocycles. The maximum Gasteiger partial charge on any atom is 0.147 e. The lowest BCUT2D eigenvalue weighted by atomic mass is 10.1. The molecule has 0 spiro atoms. The third kappa shape index (κ3) is 2.75. The van der Waals surface area contributed by atoms with Crippen LogP contribution in [0.5, 0.6) is 0 Å². The third-order valence-corrected chi connectivity index (χ3v) is 3.23. The van der Waals surface area contributed by atoms with Gasteiger partial charge in [-0.15, -0.1) is 0 Å². The molecule has 2 rings (SSSR count). The highest BCUT2D eigenvalue weighted by Crippen LogP contribution is 2.33.